The van der Waals surface area contributed by atoms with Gasteiger partial charge < -0.3 is 9.52 Å². The number of aromatic nitrogens is 1. The number of fused-ring (bicyclic) bond motifs is 3. The number of aliphatic hydroxyl groups is 1. The predicted octanol–water partition coefficient (Wildman–Crippen LogP) is 15.1. The van der Waals surface area contributed by atoms with Crippen molar-refractivity contribution in [2.45, 2.75) is 128 Å². The van der Waals surface area contributed by atoms with E-state index in [1.54, 1.807) is 0 Å². The van der Waals surface area contributed by atoms with Crippen molar-refractivity contribution < 1.29 is 34.4 Å². The summed E-state index contributed by atoms with van der Waals surface area (Å²) < 4.78 is 7.90. The summed E-state index contributed by atoms with van der Waals surface area (Å²) in [5.74, 6) is 1.83. The molecule has 1 radical (unpaired) electrons. The fraction of sp³-hybridized carbons (Fsp3) is 0.440. The number of hydrogen-bond acceptors (Lipinski definition) is 5. The number of rotatable bonds is 11. The smallest absolute Gasteiger partial charge is 0.164 e. The van der Waals surface area contributed by atoms with E-state index in [0.29, 0.717) is 5.92 Å². The minimum Gasteiger partial charge on any atom is -0.512 e. The van der Waals surface area contributed by atoms with E-state index in [0.717, 1.165) is 76.6 Å². The molecule has 3 heterocycles. The molecule has 3 aromatic carbocycles. The maximum absolute atomic E-state index is 12.2. The number of aryl methyl sites for hydroxylation is 2. The van der Waals surface area contributed by atoms with Gasteiger partial charge in [-0.2, -0.15) is 0 Å². The van der Waals surface area contributed by atoms with E-state index < -0.39 is 0 Å². The molecular weight excluding hydrogens is 887 g/mol. The Labute approximate surface area is 353 Å². The molecule has 3 aromatic heterocycles. The Kier molecular flexibility index (Phi) is 14.4. The van der Waals surface area contributed by atoms with Crippen LogP contribution in [0.4, 0.5) is 0 Å². The van der Waals surface area contributed by atoms with Gasteiger partial charge in [-0.25, -0.2) is 0 Å². The van der Waals surface area contributed by atoms with Crippen molar-refractivity contribution in [2.24, 2.45) is 16.7 Å². The number of ketones is 1. The third-order valence-electron chi connectivity index (χ3n) is 12.1. The van der Waals surface area contributed by atoms with Crippen LogP contribution in [0.1, 0.15) is 123 Å². The maximum Gasteiger partial charge on any atom is 0.164 e. The number of allylic oxidation sites excluding steroid dienone is 2. The summed E-state index contributed by atoms with van der Waals surface area (Å²) >= 11 is 1.89. The number of aliphatic hydroxyl groups excluding tert-OH is 1. The fourth-order valence-electron chi connectivity index (χ4n) is 7.41. The molecule has 56 heavy (non-hydrogen) atoms. The minimum absolute atomic E-state index is 0. The molecule has 0 aliphatic heterocycles. The normalized spacial score (nSPS) is 12.6. The number of hydrogen-bond donors (Lipinski definition) is 1. The number of furan rings is 1. The first kappa shape index (κ1) is 45.1. The van der Waals surface area contributed by atoms with Gasteiger partial charge in [0.25, 0.3) is 0 Å². The van der Waals surface area contributed by atoms with Crippen LogP contribution in [-0.2, 0) is 36.7 Å². The summed E-state index contributed by atoms with van der Waals surface area (Å²) in [6, 6.07) is 23.2. The summed E-state index contributed by atoms with van der Waals surface area (Å²) in [5, 5.41) is 14.9. The molecule has 1 N–H and O–H groups in total. The van der Waals surface area contributed by atoms with Gasteiger partial charge in [0.15, 0.2) is 5.78 Å². The van der Waals surface area contributed by atoms with Gasteiger partial charge in [-0.15, -0.1) is 40.5 Å². The zero-order valence-electron chi connectivity index (χ0n) is 35.9. The third kappa shape index (κ3) is 9.09. The largest absolute Gasteiger partial charge is 0.512 e. The van der Waals surface area contributed by atoms with E-state index in [2.05, 4.69) is 103 Å². The number of carbonyl (C=O) groups is 1. The van der Waals surface area contributed by atoms with Crippen molar-refractivity contribution in [3.8, 4) is 22.6 Å². The van der Waals surface area contributed by atoms with Crippen molar-refractivity contribution >= 4 is 48.9 Å². The van der Waals surface area contributed by atoms with Crippen molar-refractivity contribution in [3.05, 3.63) is 100 Å². The van der Waals surface area contributed by atoms with Gasteiger partial charge in [0.1, 0.15) is 17.1 Å². The molecule has 0 bridgehead atoms. The summed E-state index contributed by atoms with van der Waals surface area (Å²) in [7, 11) is 0. The van der Waals surface area contributed by atoms with Gasteiger partial charge >= 0.3 is 0 Å². The van der Waals surface area contributed by atoms with Crippen LogP contribution in [0.15, 0.2) is 77.0 Å². The zero-order valence-corrected chi connectivity index (χ0v) is 39.1. The van der Waals surface area contributed by atoms with E-state index >= 15 is 0 Å². The van der Waals surface area contributed by atoms with Gasteiger partial charge in [0.2, 0.25) is 0 Å². The Morgan fingerprint density at radius 1 is 0.893 bits per heavy atom. The molecule has 0 atom stereocenters. The minimum atomic E-state index is -0.337. The summed E-state index contributed by atoms with van der Waals surface area (Å²) in [4.78, 5) is 18.5. The zero-order chi connectivity index (χ0) is 40.5. The van der Waals surface area contributed by atoms with Crippen LogP contribution in [0.3, 0.4) is 0 Å². The molecule has 0 saturated heterocycles. The van der Waals surface area contributed by atoms with Crippen LogP contribution in [0.2, 0.25) is 0 Å². The summed E-state index contributed by atoms with van der Waals surface area (Å²) in [5.41, 5.74) is 7.22. The van der Waals surface area contributed by atoms with Gasteiger partial charge in [-0.05, 0) is 98.1 Å². The van der Waals surface area contributed by atoms with E-state index in [9.17, 15) is 9.90 Å². The van der Waals surface area contributed by atoms with Crippen molar-refractivity contribution in [1.82, 2.24) is 4.98 Å². The third-order valence-corrected chi connectivity index (χ3v) is 13.3. The number of pyridine rings is 1. The Bertz CT molecular complexity index is 2340. The molecule has 0 saturated carbocycles. The Balaban J connectivity index is 0.000000330. The Hall–Kier alpha value is -3.57. The van der Waals surface area contributed by atoms with Gasteiger partial charge in [0, 0.05) is 69.4 Å². The van der Waals surface area contributed by atoms with Gasteiger partial charge in [-0.1, -0.05) is 105 Å². The number of nitrogens with zero attached hydrogens (tertiary/aromatic N) is 1. The van der Waals surface area contributed by atoms with Crippen molar-refractivity contribution in [2.75, 3.05) is 0 Å². The quantitative estimate of drug-likeness (QED) is 0.0798. The standard InChI is InChI=1S/C35H34NOS.C15H28O2.Ir/c1-20(2)16-27-22(4)38-31-13-12-24(18-28(27)31)34-21(3)32-30(37-34)14-15-36-33(32)25-17-23-10-8-9-11-26(23)29(19-25)35(5,6)7;1-7-14(5,8-2)12(16)11-13(17)15(6,9-3)10-4;/h8-15,18-20H,16H2,1-7H3;11,16H,7-10H2,1-6H3;/q-1;;/b;12-11-;. The van der Waals surface area contributed by atoms with E-state index in [1.165, 1.54) is 37.6 Å². The first-order valence-corrected chi connectivity index (χ1v) is 21.0. The van der Waals surface area contributed by atoms with Crippen LogP contribution >= 0.6 is 11.3 Å². The Morgan fingerprint density at radius 2 is 1.54 bits per heavy atom. The molecule has 4 nitrogen and oxygen atoms in total. The van der Waals surface area contributed by atoms with Crippen molar-refractivity contribution in [3.63, 3.8) is 0 Å². The first-order valence-electron chi connectivity index (χ1n) is 20.2. The number of carbonyl (C=O) groups excluding carboxylic acids is 1. The van der Waals surface area contributed by atoms with E-state index in [-0.39, 0.29) is 47.9 Å². The van der Waals surface area contributed by atoms with Crippen LogP contribution in [0, 0.1) is 36.7 Å². The van der Waals surface area contributed by atoms with Crippen LogP contribution in [-0.4, -0.2) is 15.9 Å². The summed E-state index contributed by atoms with van der Waals surface area (Å²) in [6.07, 6.45) is 7.71. The average molecular weight is 949 g/mol. The molecule has 6 rings (SSSR count). The second-order valence-electron chi connectivity index (χ2n) is 17.4. The van der Waals surface area contributed by atoms with Crippen LogP contribution < -0.4 is 0 Å². The monoisotopic (exact) mass is 949 g/mol. The molecule has 0 fully saturated rings. The molecule has 6 aromatic rings. The van der Waals surface area contributed by atoms with E-state index in [4.69, 9.17) is 9.40 Å². The van der Waals surface area contributed by atoms with Gasteiger partial charge in [0.05, 0.1) is 0 Å². The molecule has 0 aliphatic carbocycles. The summed E-state index contributed by atoms with van der Waals surface area (Å²) in [6.45, 7) is 27.9. The predicted molar refractivity (Wildman–Crippen MR) is 236 cm³/mol. The molecule has 0 spiro atoms. The number of thiophene rings is 1. The first-order chi connectivity index (χ1) is 25.9. The Morgan fingerprint density at radius 3 is 2.14 bits per heavy atom. The van der Waals surface area contributed by atoms with Crippen molar-refractivity contribution in [1.29, 1.82) is 0 Å². The van der Waals surface area contributed by atoms with Gasteiger partial charge in [-0.3, -0.25) is 9.78 Å². The topological polar surface area (TPSA) is 63.3 Å². The second kappa shape index (κ2) is 17.9. The van der Waals surface area contributed by atoms with Crippen LogP contribution in [0.5, 0.6) is 0 Å². The molecule has 6 heteroatoms. The molecule has 0 unspecified atom stereocenters. The average Bonchev–Trinajstić information content (AvgIpc) is 3.67. The molecule has 0 amide bonds. The fourth-order valence-corrected chi connectivity index (χ4v) is 8.48. The van der Waals surface area contributed by atoms with Crippen LogP contribution in [0.25, 0.3) is 54.4 Å². The molecule has 0 aliphatic rings. The molecular formula is C50H62IrNO3S-. The molecule has 301 valence electrons. The van der Waals surface area contributed by atoms with E-state index in [1.807, 2.05) is 65.1 Å². The number of benzene rings is 3. The maximum atomic E-state index is 12.2. The SMILES string of the molecule is CCC(C)(CC)C(=O)/C=C(\O)C(C)(CC)CC.Cc1sc2ccc(-c3oc4ccnc(-c5[c-]c6ccccc6c(C(C)(C)C)c5)c4c3C)cc2c1CC(C)C.[Ir]. The second-order valence-corrected chi connectivity index (χ2v) is 18.6.